The van der Waals surface area contributed by atoms with E-state index in [0.29, 0.717) is 0 Å². The highest BCUT2D eigenvalue weighted by Gasteiger charge is 2.40. The van der Waals surface area contributed by atoms with Crippen LogP contribution < -0.4 is 0 Å². The average Bonchev–Trinajstić information content (AvgIpc) is 2.15. The van der Waals surface area contributed by atoms with Crippen molar-refractivity contribution in [2.75, 3.05) is 0 Å². The van der Waals surface area contributed by atoms with Gasteiger partial charge in [-0.25, -0.2) is 13.2 Å². The highest BCUT2D eigenvalue weighted by Crippen LogP contribution is 2.39. The minimum atomic E-state index is -5.17. The van der Waals surface area contributed by atoms with E-state index >= 15 is 0 Å². The molecule has 0 N–H and O–H groups in total. The molecular formula is C8H4BrF6N. The van der Waals surface area contributed by atoms with Gasteiger partial charge in [-0.3, -0.25) is 4.98 Å². The van der Waals surface area contributed by atoms with Gasteiger partial charge in [-0.05, 0) is 0 Å². The Morgan fingerprint density at radius 2 is 1.88 bits per heavy atom. The first-order valence-corrected chi connectivity index (χ1v) is 4.99. The summed E-state index contributed by atoms with van der Waals surface area (Å²) >= 11 is 2.72. The molecular weight excluding hydrogens is 304 g/mol. The highest BCUT2D eigenvalue weighted by atomic mass is 79.9. The molecule has 0 atom stereocenters. The molecule has 0 aromatic carbocycles. The van der Waals surface area contributed by atoms with E-state index < -0.39 is 35.2 Å². The van der Waals surface area contributed by atoms with Crippen LogP contribution in [-0.2, 0) is 11.5 Å². The van der Waals surface area contributed by atoms with E-state index in [-0.39, 0.29) is 11.5 Å². The van der Waals surface area contributed by atoms with Crippen molar-refractivity contribution in [3.8, 4) is 0 Å². The van der Waals surface area contributed by atoms with Gasteiger partial charge in [-0.2, -0.15) is 13.2 Å². The predicted octanol–water partition coefficient (Wildman–Crippen LogP) is 4.07. The lowest BCUT2D eigenvalue weighted by atomic mass is 10.1. The Hall–Kier alpha value is -0.790. The summed E-state index contributed by atoms with van der Waals surface area (Å²) in [7, 11) is 0. The molecule has 1 rings (SSSR count). The smallest absolute Gasteiger partial charge is 0.257 e. The third-order valence-electron chi connectivity index (χ3n) is 1.78. The first-order chi connectivity index (χ1) is 7.29. The molecule has 0 unspecified atom stereocenters. The van der Waals surface area contributed by atoms with Crippen LogP contribution in [0.1, 0.15) is 23.2 Å². The van der Waals surface area contributed by atoms with Crippen LogP contribution in [-0.4, -0.2) is 4.98 Å². The van der Waals surface area contributed by atoms with Crippen molar-refractivity contribution in [2.45, 2.75) is 17.9 Å². The van der Waals surface area contributed by atoms with Gasteiger partial charge >= 0.3 is 6.18 Å². The molecule has 1 heterocycles. The summed E-state index contributed by atoms with van der Waals surface area (Å²) in [6.07, 6.45) is -8.33. The Morgan fingerprint density at radius 3 is 2.25 bits per heavy atom. The van der Waals surface area contributed by atoms with Gasteiger partial charge < -0.3 is 0 Å². The summed E-state index contributed by atoms with van der Waals surface area (Å²) in [6, 6.07) is 0. The molecule has 0 amide bonds. The quantitative estimate of drug-likeness (QED) is 0.593. The molecule has 0 radical (unpaired) electrons. The zero-order valence-corrected chi connectivity index (χ0v) is 9.04. The molecule has 1 aromatic heterocycles. The van der Waals surface area contributed by atoms with E-state index in [1.54, 1.807) is 0 Å². The molecule has 0 aliphatic carbocycles. The summed E-state index contributed by atoms with van der Waals surface area (Å²) in [5, 5.41) is -0.309. The van der Waals surface area contributed by atoms with Crippen molar-refractivity contribution < 1.29 is 26.3 Å². The molecule has 0 aliphatic heterocycles. The van der Waals surface area contributed by atoms with E-state index in [2.05, 4.69) is 20.9 Å². The van der Waals surface area contributed by atoms with Crippen LogP contribution in [0.15, 0.2) is 6.20 Å². The second kappa shape index (κ2) is 4.60. The number of hydrogen-bond acceptors (Lipinski definition) is 1. The van der Waals surface area contributed by atoms with Crippen LogP contribution in [0, 0.1) is 5.82 Å². The van der Waals surface area contributed by atoms with Crippen molar-refractivity contribution in [1.29, 1.82) is 0 Å². The van der Waals surface area contributed by atoms with Gasteiger partial charge in [-0.15, -0.1) is 0 Å². The number of hydrogen-bond donors (Lipinski definition) is 0. The largest absolute Gasteiger partial charge is 0.419 e. The number of nitrogens with zero attached hydrogens (tertiary/aromatic N) is 1. The summed E-state index contributed by atoms with van der Waals surface area (Å²) in [5.74, 6) is -1.80. The molecule has 90 valence electrons. The number of halogens is 7. The molecule has 8 heteroatoms. The summed E-state index contributed by atoms with van der Waals surface area (Å²) in [5.41, 5.74) is -3.89. The van der Waals surface area contributed by atoms with Gasteiger partial charge in [0.05, 0.1) is 17.5 Å². The molecule has 0 bridgehead atoms. The van der Waals surface area contributed by atoms with Crippen LogP contribution in [0.25, 0.3) is 0 Å². The Labute approximate surface area is 94.6 Å². The van der Waals surface area contributed by atoms with E-state index in [9.17, 15) is 26.3 Å². The van der Waals surface area contributed by atoms with Crippen LogP contribution in [0.4, 0.5) is 26.3 Å². The Kier molecular flexibility index (Phi) is 3.82. The average molecular weight is 308 g/mol. The van der Waals surface area contributed by atoms with Gasteiger partial charge in [-0.1, -0.05) is 15.9 Å². The molecule has 0 spiro atoms. The van der Waals surface area contributed by atoms with Crippen LogP contribution >= 0.6 is 15.9 Å². The SMILES string of the molecule is Fc1cnc(CBr)c(C(F)F)c1C(F)(F)F. The topological polar surface area (TPSA) is 12.9 Å². The minimum absolute atomic E-state index is 0.283. The monoisotopic (exact) mass is 307 g/mol. The van der Waals surface area contributed by atoms with Crippen LogP contribution in [0.2, 0.25) is 0 Å². The first-order valence-electron chi connectivity index (χ1n) is 3.87. The lowest BCUT2D eigenvalue weighted by molar-refractivity contribution is -0.142. The molecule has 0 saturated carbocycles. The Balaban J connectivity index is 3.55. The third-order valence-corrected chi connectivity index (χ3v) is 2.31. The molecule has 1 aromatic rings. The first kappa shape index (κ1) is 13.3. The van der Waals surface area contributed by atoms with Gasteiger partial charge in [0.25, 0.3) is 6.43 Å². The fourth-order valence-electron chi connectivity index (χ4n) is 1.17. The van der Waals surface area contributed by atoms with Crippen LogP contribution in [0.5, 0.6) is 0 Å². The minimum Gasteiger partial charge on any atom is -0.257 e. The summed E-state index contributed by atoms with van der Waals surface area (Å²) in [6.45, 7) is 0. The molecule has 1 nitrogen and oxygen atoms in total. The lowest BCUT2D eigenvalue weighted by Crippen LogP contribution is -2.15. The number of alkyl halides is 6. The maximum absolute atomic E-state index is 12.9. The molecule has 0 saturated heterocycles. The van der Waals surface area contributed by atoms with Crippen molar-refractivity contribution >= 4 is 15.9 Å². The maximum atomic E-state index is 12.9. The van der Waals surface area contributed by atoms with Crippen LogP contribution in [0.3, 0.4) is 0 Å². The number of rotatable bonds is 2. The zero-order valence-electron chi connectivity index (χ0n) is 7.45. The van der Waals surface area contributed by atoms with Gasteiger partial charge in [0.15, 0.2) is 5.82 Å². The van der Waals surface area contributed by atoms with E-state index in [4.69, 9.17) is 0 Å². The standard InChI is InChI=1S/C8H4BrF6N/c9-1-4-5(7(11)12)6(8(13,14)15)3(10)2-16-4/h2,7H,1H2. The highest BCUT2D eigenvalue weighted by molar-refractivity contribution is 9.08. The van der Waals surface area contributed by atoms with Gasteiger partial charge in [0.2, 0.25) is 0 Å². The Bertz CT molecular complexity index is 389. The van der Waals surface area contributed by atoms with E-state index in [0.717, 1.165) is 0 Å². The second-order valence-corrected chi connectivity index (χ2v) is 3.33. The van der Waals surface area contributed by atoms with E-state index in [1.807, 2.05) is 0 Å². The van der Waals surface area contributed by atoms with E-state index in [1.165, 1.54) is 0 Å². The van der Waals surface area contributed by atoms with Gasteiger partial charge in [0.1, 0.15) is 5.56 Å². The normalized spacial score (nSPS) is 12.2. The van der Waals surface area contributed by atoms with Gasteiger partial charge in [0, 0.05) is 5.33 Å². The third kappa shape index (κ3) is 2.47. The molecule has 0 aliphatic rings. The maximum Gasteiger partial charge on any atom is 0.419 e. The van der Waals surface area contributed by atoms with Crippen molar-refractivity contribution in [3.63, 3.8) is 0 Å². The molecule has 0 fully saturated rings. The van der Waals surface area contributed by atoms with Crippen molar-refractivity contribution in [2.24, 2.45) is 0 Å². The fraction of sp³-hybridized carbons (Fsp3) is 0.375. The lowest BCUT2D eigenvalue weighted by Gasteiger charge is -2.15. The van der Waals surface area contributed by atoms with Crippen molar-refractivity contribution in [1.82, 2.24) is 4.98 Å². The van der Waals surface area contributed by atoms with Crippen molar-refractivity contribution in [3.05, 3.63) is 28.8 Å². The predicted molar refractivity (Wildman–Crippen MR) is 46.8 cm³/mol. The second-order valence-electron chi connectivity index (χ2n) is 2.77. The Morgan fingerprint density at radius 1 is 1.31 bits per heavy atom. The summed E-state index contributed by atoms with van der Waals surface area (Å²) in [4.78, 5) is 3.19. The number of aromatic nitrogens is 1. The molecule has 16 heavy (non-hydrogen) atoms. The zero-order chi connectivity index (χ0) is 12.5. The fourth-order valence-corrected chi connectivity index (χ4v) is 1.62. The number of pyridine rings is 1. The summed E-state index contributed by atoms with van der Waals surface area (Å²) < 4.78 is 74.9.